The molecular weight excluding hydrogens is 406 g/mol. The van der Waals surface area contributed by atoms with Crippen LogP contribution in [0.3, 0.4) is 0 Å². The molecule has 0 spiro atoms. The number of amides is 1. The van der Waals surface area contributed by atoms with Gasteiger partial charge in [0.05, 0.1) is 9.90 Å². The lowest BCUT2D eigenvalue weighted by Gasteiger charge is -2.32. The maximum absolute atomic E-state index is 12.9. The minimum atomic E-state index is -3.51. The largest absolute Gasteiger partial charge is 0.352 e. The molecule has 1 aromatic heterocycles. The molecular formula is C21H29N3O3S2. The maximum atomic E-state index is 12.9. The number of aryl methyl sites for hydroxylation is 2. The topological polar surface area (TPSA) is 79.4 Å². The summed E-state index contributed by atoms with van der Waals surface area (Å²) in [6.45, 7) is 5.10. The molecule has 0 aliphatic carbocycles. The Morgan fingerprint density at radius 3 is 2.66 bits per heavy atom. The summed E-state index contributed by atoms with van der Waals surface area (Å²) >= 11 is 1.67. The van der Waals surface area contributed by atoms with E-state index in [0.717, 1.165) is 49.2 Å². The zero-order chi connectivity index (χ0) is 20.9. The molecule has 1 saturated heterocycles. The summed E-state index contributed by atoms with van der Waals surface area (Å²) in [7, 11) is -3.51. The van der Waals surface area contributed by atoms with Crippen molar-refractivity contribution in [3.8, 4) is 0 Å². The number of aromatic nitrogens is 1. The number of unbranched alkanes of at least 4 members (excludes halogenated alkanes) is 1. The molecule has 1 aliphatic heterocycles. The highest BCUT2D eigenvalue weighted by Gasteiger charge is 2.30. The second kappa shape index (κ2) is 9.82. The minimum Gasteiger partial charge on any atom is -0.352 e. The fourth-order valence-electron chi connectivity index (χ4n) is 3.57. The van der Waals surface area contributed by atoms with Crippen LogP contribution < -0.4 is 5.32 Å². The monoisotopic (exact) mass is 435 g/mol. The van der Waals surface area contributed by atoms with E-state index in [4.69, 9.17) is 0 Å². The number of nitrogens with zero attached hydrogens (tertiary/aromatic N) is 2. The van der Waals surface area contributed by atoms with E-state index in [-0.39, 0.29) is 16.8 Å². The van der Waals surface area contributed by atoms with Gasteiger partial charge in [-0.1, -0.05) is 6.42 Å². The molecule has 0 saturated carbocycles. The molecule has 2 heterocycles. The number of hydrogen-bond donors (Lipinski definition) is 1. The van der Waals surface area contributed by atoms with Gasteiger partial charge in [0.15, 0.2) is 0 Å². The molecule has 6 nitrogen and oxygen atoms in total. The average molecular weight is 436 g/mol. The van der Waals surface area contributed by atoms with Crippen LogP contribution in [-0.2, 0) is 16.4 Å². The molecule has 1 N–H and O–H groups in total. The van der Waals surface area contributed by atoms with Gasteiger partial charge in [-0.05, 0) is 70.2 Å². The van der Waals surface area contributed by atoms with Crippen LogP contribution in [0.15, 0.2) is 34.5 Å². The molecule has 158 valence electrons. The summed E-state index contributed by atoms with van der Waals surface area (Å²) in [5.41, 5.74) is 1.53. The van der Waals surface area contributed by atoms with E-state index in [2.05, 4.69) is 10.3 Å². The number of thiazole rings is 1. The standard InChI is InChI=1S/C21H29N3O3S2/c1-16-15-28-20(23-16)8-3-5-13-22-21(25)18-9-11-19(12-10-18)29(26,27)24-14-6-4-7-17(24)2/h9-12,15,17H,3-8,13-14H2,1-2H3,(H,22,25). The van der Waals surface area contributed by atoms with Crippen LogP contribution in [0, 0.1) is 6.92 Å². The first-order valence-corrected chi connectivity index (χ1v) is 12.5. The SMILES string of the molecule is Cc1csc(CCCCNC(=O)c2ccc(S(=O)(=O)N3CCCCC3C)cc2)n1. The van der Waals surface area contributed by atoms with Crippen LogP contribution in [0.25, 0.3) is 0 Å². The van der Waals surface area contributed by atoms with Gasteiger partial charge in [0.25, 0.3) is 5.91 Å². The van der Waals surface area contributed by atoms with Crippen LogP contribution >= 0.6 is 11.3 Å². The number of benzene rings is 1. The summed E-state index contributed by atoms with van der Waals surface area (Å²) in [4.78, 5) is 17.0. The lowest BCUT2D eigenvalue weighted by molar-refractivity contribution is 0.0953. The molecule has 1 unspecified atom stereocenters. The van der Waals surface area contributed by atoms with Crippen LogP contribution in [0.5, 0.6) is 0 Å². The van der Waals surface area contributed by atoms with Gasteiger partial charge in [-0.15, -0.1) is 11.3 Å². The highest BCUT2D eigenvalue weighted by atomic mass is 32.2. The highest BCUT2D eigenvalue weighted by Crippen LogP contribution is 2.25. The Bertz CT molecular complexity index is 923. The van der Waals surface area contributed by atoms with E-state index in [1.54, 1.807) is 27.8 Å². The van der Waals surface area contributed by atoms with Gasteiger partial charge < -0.3 is 5.32 Å². The van der Waals surface area contributed by atoms with E-state index in [0.29, 0.717) is 18.7 Å². The van der Waals surface area contributed by atoms with Crippen molar-refractivity contribution in [1.29, 1.82) is 0 Å². The smallest absolute Gasteiger partial charge is 0.251 e. The summed E-state index contributed by atoms with van der Waals surface area (Å²) in [5.74, 6) is -0.176. The van der Waals surface area contributed by atoms with Gasteiger partial charge in [-0.3, -0.25) is 4.79 Å². The maximum Gasteiger partial charge on any atom is 0.251 e. The lowest BCUT2D eigenvalue weighted by atomic mass is 10.1. The van der Waals surface area contributed by atoms with Gasteiger partial charge in [0.1, 0.15) is 0 Å². The molecule has 0 bridgehead atoms. The van der Waals surface area contributed by atoms with Gasteiger partial charge in [0, 0.05) is 35.8 Å². The Hall–Kier alpha value is -1.77. The third-order valence-electron chi connectivity index (χ3n) is 5.23. The quantitative estimate of drug-likeness (QED) is 0.640. The van der Waals surface area contributed by atoms with Crippen molar-refractivity contribution >= 4 is 27.3 Å². The van der Waals surface area contributed by atoms with E-state index in [9.17, 15) is 13.2 Å². The molecule has 1 atom stereocenters. The van der Waals surface area contributed by atoms with E-state index < -0.39 is 10.0 Å². The summed E-state index contributed by atoms with van der Waals surface area (Å²) in [6, 6.07) is 6.28. The van der Waals surface area contributed by atoms with Crippen LogP contribution in [0.4, 0.5) is 0 Å². The number of nitrogens with one attached hydrogen (secondary N) is 1. The molecule has 8 heteroatoms. The van der Waals surface area contributed by atoms with Gasteiger partial charge in [-0.2, -0.15) is 4.31 Å². The first-order chi connectivity index (χ1) is 13.9. The van der Waals surface area contributed by atoms with Gasteiger partial charge >= 0.3 is 0 Å². The predicted molar refractivity (Wildman–Crippen MR) is 116 cm³/mol. The highest BCUT2D eigenvalue weighted by molar-refractivity contribution is 7.89. The first-order valence-electron chi connectivity index (χ1n) is 10.2. The average Bonchev–Trinajstić information content (AvgIpc) is 3.13. The summed E-state index contributed by atoms with van der Waals surface area (Å²) < 4.78 is 27.3. The zero-order valence-electron chi connectivity index (χ0n) is 17.1. The molecule has 29 heavy (non-hydrogen) atoms. The number of carbonyl (C=O) groups is 1. The molecule has 1 aliphatic rings. The normalized spacial score (nSPS) is 17.9. The van der Waals surface area contributed by atoms with Gasteiger partial charge in [-0.25, -0.2) is 13.4 Å². The van der Waals surface area contributed by atoms with Crippen molar-refractivity contribution < 1.29 is 13.2 Å². The Balaban J connectivity index is 1.49. The molecule has 1 amide bonds. The number of rotatable bonds is 8. The minimum absolute atomic E-state index is 0.0185. The fraction of sp³-hybridized carbons (Fsp3) is 0.524. The van der Waals surface area contributed by atoms with Crippen molar-refractivity contribution in [3.63, 3.8) is 0 Å². The Morgan fingerprint density at radius 1 is 1.24 bits per heavy atom. The van der Waals surface area contributed by atoms with Crippen molar-refractivity contribution in [3.05, 3.63) is 45.9 Å². The molecule has 1 aromatic carbocycles. The summed E-state index contributed by atoms with van der Waals surface area (Å²) in [6.07, 6.45) is 5.63. The third-order valence-corrected chi connectivity index (χ3v) is 8.29. The Kier molecular flexibility index (Phi) is 7.43. The molecule has 1 fully saturated rings. The van der Waals surface area contributed by atoms with Crippen molar-refractivity contribution in [1.82, 2.24) is 14.6 Å². The molecule has 2 aromatic rings. The third kappa shape index (κ3) is 5.65. The van der Waals surface area contributed by atoms with Crippen molar-refractivity contribution in [2.24, 2.45) is 0 Å². The fourth-order valence-corrected chi connectivity index (χ4v) is 6.08. The second-order valence-corrected chi connectivity index (χ2v) is 10.4. The zero-order valence-corrected chi connectivity index (χ0v) is 18.7. The molecule has 0 radical (unpaired) electrons. The predicted octanol–water partition coefficient (Wildman–Crippen LogP) is 3.77. The van der Waals surface area contributed by atoms with Crippen molar-refractivity contribution in [2.45, 2.75) is 63.3 Å². The molecule has 3 rings (SSSR count). The number of sulfonamides is 1. The number of piperidine rings is 1. The summed E-state index contributed by atoms with van der Waals surface area (Å²) in [5, 5.41) is 6.08. The van der Waals surface area contributed by atoms with Gasteiger partial charge in [0.2, 0.25) is 10.0 Å². The number of hydrogen-bond acceptors (Lipinski definition) is 5. The first kappa shape index (κ1) is 21.9. The van der Waals surface area contributed by atoms with E-state index in [1.165, 1.54) is 12.1 Å². The Morgan fingerprint density at radius 2 is 2.00 bits per heavy atom. The number of carbonyl (C=O) groups excluding carboxylic acids is 1. The van der Waals surface area contributed by atoms with Crippen LogP contribution in [0.2, 0.25) is 0 Å². The second-order valence-electron chi connectivity index (χ2n) is 7.58. The lowest BCUT2D eigenvalue weighted by Crippen LogP contribution is -2.41. The van der Waals surface area contributed by atoms with Crippen LogP contribution in [-0.4, -0.2) is 42.7 Å². The Labute approximate surface area is 177 Å². The van der Waals surface area contributed by atoms with Crippen molar-refractivity contribution in [2.75, 3.05) is 13.1 Å². The van der Waals surface area contributed by atoms with Crippen LogP contribution in [0.1, 0.15) is 60.1 Å². The van der Waals surface area contributed by atoms with E-state index in [1.807, 2.05) is 19.2 Å². The van der Waals surface area contributed by atoms with E-state index >= 15 is 0 Å².